The average Bonchev–Trinajstić information content (AvgIpc) is 2.80. The van der Waals surface area contributed by atoms with Gasteiger partial charge in [-0.2, -0.15) is 4.98 Å². The first-order chi connectivity index (χ1) is 15.5. The zero-order valence-electron chi connectivity index (χ0n) is 17.9. The lowest BCUT2D eigenvalue weighted by atomic mass is 9.87. The van der Waals surface area contributed by atoms with Gasteiger partial charge in [-0.25, -0.2) is 0 Å². The molecular formula is C24H24ClN3O3S. The molecule has 32 heavy (non-hydrogen) atoms. The van der Waals surface area contributed by atoms with Crippen LogP contribution in [0, 0.1) is 0 Å². The minimum absolute atomic E-state index is 0.122. The van der Waals surface area contributed by atoms with Crippen molar-refractivity contribution in [1.29, 1.82) is 0 Å². The minimum Gasteiger partial charge on any atom is -0.494 e. The fourth-order valence-corrected chi connectivity index (χ4v) is 4.74. The Hall–Kier alpha value is -2.77. The zero-order chi connectivity index (χ0) is 22.7. The molecule has 2 aromatic carbocycles. The molecular weight excluding hydrogens is 446 g/mol. The molecule has 2 heterocycles. The quantitative estimate of drug-likeness (QED) is 0.390. The summed E-state index contributed by atoms with van der Waals surface area (Å²) in [5, 5.41) is 4.11. The number of aromatic nitrogens is 2. The molecule has 0 saturated heterocycles. The topological polar surface area (TPSA) is 73.2 Å². The molecule has 0 fully saturated rings. The number of hydrogen-bond donors (Lipinski definition) is 1. The van der Waals surface area contributed by atoms with E-state index in [2.05, 4.69) is 17.2 Å². The molecule has 1 aliphatic heterocycles. The van der Waals surface area contributed by atoms with Crippen molar-refractivity contribution in [2.45, 2.75) is 36.6 Å². The lowest BCUT2D eigenvalue weighted by Gasteiger charge is -2.27. The second-order valence-electron chi connectivity index (χ2n) is 7.66. The van der Waals surface area contributed by atoms with Crippen LogP contribution in [0.2, 0.25) is 5.02 Å². The number of hydrogen-bond acceptors (Lipinski definition) is 5. The van der Waals surface area contributed by atoms with Gasteiger partial charge in [0, 0.05) is 30.2 Å². The number of halogens is 1. The fourth-order valence-electron chi connectivity index (χ4n) is 3.69. The molecule has 0 saturated carbocycles. The molecule has 1 unspecified atom stereocenters. The molecule has 1 N–H and O–H groups in total. The molecule has 8 heteroatoms. The number of carbonyl (C=O) groups excluding carboxylic acids is 1. The van der Waals surface area contributed by atoms with E-state index >= 15 is 0 Å². The van der Waals surface area contributed by atoms with Gasteiger partial charge in [0.2, 0.25) is 5.91 Å². The first kappa shape index (κ1) is 22.4. The van der Waals surface area contributed by atoms with Crippen LogP contribution in [0.3, 0.4) is 0 Å². The van der Waals surface area contributed by atoms with Gasteiger partial charge < -0.3 is 14.6 Å². The highest BCUT2D eigenvalue weighted by Gasteiger charge is 2.32. The summed E-state index contributed by atoms with van der Waals surface area (Å²) in [6.45, 7) is 2.70. The van der Waals surface area contributed by atoms with E-state index in [4.69, 9.17) is 16.3 Å². The largest absolute Gasteiger partial charge is 0.494 e. The van der Waals surface area contributed by atoms with Gasteiger partial charge in [-0.15, -0.1) is 0 Å². The van der Waals surface area contributed by atoms with E-state index < -0.39 is 0 Å². The second kappa shape index (κ2) is 9.79. The van der Waals surface area contributed by atoms with Crippen LogP contribution in [0.5, 0.6) is 5.75 Å². The van der Waals surface area contributed by atoms with E-state index in [0.717, 1.165) is 23.3 Å². The van der Waals surface area contributed by atoms with Crippen molar-refractivity contribution in [2.24, 2.45) is 7.05 Å². The van der Waals surface area contributed by atoms with Crippen molar-refractivity contribution in [3.05, 3.63) is 80.6 Å². The molecule has 4 rings (SSSR count). The lowest BCUT2D eigenvalue weighted by Crippen LogP contribution is -2.33. The van der Waals surface area contributed by atoms with Gasteiger partial charge in [0.05, 0.1) is 12.2 Å². The predicted octanol–water partition coefficient (Wildman–Crippen LogP) is 4.99. The van der Waals surface area contributed by atoms with E-state index in [1.165, 1.54) is 11.8 Å². The number of thioether (sulfide) groups is 1. The fraction of sp³-hybridized carbons (Fsp3) is 0.292. The Labute approximate surface area is 196 Å². The summed E-state index contributed by atoms with van der Waals surface area (Å²) < 4.78 is 7.44. The van der Waals surface area contributed by atoms with Crippen LogP contribution in [-0.4, -0.2) is 22.1 Å². The molecule has 166 valence electrons. The SMILES string of the molecule is CCCOc1ccc(C2CC(=O)Nc3c2c(=O)nc(SCc2ccc(Cl)cc2)n3C)cc1. The standard InChI is InChI=1S/C24H24ClN3O3S/c1-3-12-31-18-10-6-16(7-11-18)19-13-20(29)26-22-21(19)23(30)27-24(28(22)2)32-14-15-4-8-17(25)9-5-15/h4-11,19H,3,12-14H2,1-2H3,(H,26,29). The number of amides is 1. The summed E-state index contributed by atoms with van der Waals surface area (Å²) in [6.07, 6.45) is 1.13. The number of anilines is 1. The van der Waals surface area contributed by atoms with E-state index in [9.17, 15) is 9.59 Å². The number of nitrogens with one attached hydrogen (secondary N) is 1. The van der Waals surface area contributed by atoms with Crippen LogP contribution < -0.4 is 15.6 Å². The van der Waals surface area contributed by atoms with Crippen LogP contribution in [0.15, 0.2) is 58.5 Å². The Morgan fingerprint density at radius 3 is 2.56 bits per heavy atom. The Morgan fingerprint density at radius 2 is 1.88 bits per heavy atom. The molecule has 1 aliphatic rings. The number of nitrogens with zero attached hydrogens (tertiary/aromatic N) is 2. The summed E-state index contributed by atoms with van der Waals surface area (Å²) in [6, 6.07) is 15.1. The number of carbonyl (C=O) groups is 1. The summed E-state index contributed by atoms with van der Waals surface area (Å²) in [5.41, 5.74) is 2.17. The molecule has 1 atom stereocenters. The summed E-state index contributed by atoms with van der Waals surface area (Å²) in [4.78, 5) is 29.9. The van der Waals surface area contributed by atoms with Gasteiger partial charge in [0.15, 0.2) is 5.16 Å². The third-order valence-corrected chi connectivity index (χ3v) is 6.69. The van der Waals surface area contributed by atoms with Gasteiger partial charge in [-0.1, -0.05) is 54.6 Å². The Bertz CT molecular complexity index is 1180. The summed E-state index contributed by atoms with van der Waals surface area (Å²) in [7, 11) is 1.82. The van der Waals surface area contributed by atoms with Crippen LogP contribution in [0.4, 0.5) is 5.82 Å². The zero-order valence-corrected chi connectivity index (χ0v) is 19.5. The molecule has 0 bridgehead atoms. The first-order valence-electron chi connectivity index (χ1n) is 10.5. The number of benzene rings is 2. The maximum absolute atomic E-state index is 13.1. The van der Waals surface area contributed by atoms with Gasteiger partial charge in [0.25, 0.3) is 5.56 Å². The molecule has 1 amide bonds. The summed E-state index contributed by atoms with van der Waals surface area (Å²) >= 11 is 7.39. The third kappa shape index (κ3) is 4.84. The number of rotatable bonds is 7. The van der Waals surface area contributed by atoms with Crippen molar-refractivity contribution >= 4 is 35.1 Å². The Balaban J connectivity index is 1.63. The third-order valence-electron chi connectivity index (χ3n) is 5.34. The average molecular weight is 470 g/mol. The van der Waals surface area contributed by atoms with Crippen molar-refractivity contribution in [3.8, 4) is 5.75 Å². The van der Waals surface area contributed by atoms with E-state index in [1.54, 1.807) is 4.57 Å². The smallest absolute Gasteiger partial charge is 0.279 e. The summed E-state index contributed by atoms with van der Waals surface area (Å²) in [5.74, 6) is 1.45. The van der Waals surface area contributed by atoms with Crippen LogP contribution in [0.25, 0.3) is 0 Å². The molecule has 1 aromatic heterocycles. The predicted molar refractivity (Wildman–Crippen MR) is 128 cm³/mol. The Morgan fingerprint density at radius 1 is 1.16 bits per heavy atom. The molecule has 3 aromatic rings. The van der Waals surface area contributed by atoms with Gasteiger partial charge in [-0.05, 0) is 41.8 Å². The normalized spacial score (nSPS) is 15.2. The van der Waals surface area contributed by atoms with E-state index in [0.29, 0.717) is 33.9 Å². The van der Waals surface area contributed by atoms with Gasteiger partial charge in [0.1, 0.15) is 11.6 Å². The van der Waals surface area contributed by atoms with Crippen LogP contribution >= 0.6 is 23.4 Å². The maximum atomic E-state index is 13.1. The molecule has 0 spiro atoms. The molecule has 6 nitrogen and oxygen atoms in total. The lowest BCUT2D eigenvalue weighted by molar-refractivity contribution is -0.116. The van der Waals surface area contributed by atoms with E-state index in [1.807, 2.05) is 55.6 Å². The van der Waals surface area contributed by atoms with Crippen molar-refractivity contribution in [2.75, 3.05) is 11.9 Å². The van der Waals surface area contributed by atoms with Gasteiger partial charge in [-0.3, -0.25) is 9.59 Å². The molecule has 0 radical (unpaired) electrons. The van der Waals surface area contributed by atoms with Crippen molar-refractivity contribution in [1.82, 2.24) is 9.55 Å². The second-order valence-corrected chi connectivity index (χ2v) is 9.04. The Kier molecular flexibility index (Phi) is 6.86. The highest BCUT2D eigenvalue weighted by Crippen LogP contribution is 2.36. The first-order valence-corrected chi connectivity index (χ1v) is 11.8. The monoisotopic (exact) mass is 469 g/mol. The molecule has 0 aliphatic carbocycles. The number of ether oxygens (including phenoxy) is 1. The highest BCUT2D eigenvalue weighted by molar-refractivity contribution is 7.98. The van der Waals surface area contributed by atoms with Gasteiger partial charge >= 0.3 is 0 Å². The van der Waals surface area contributed by atoms with Crippen LogP contribution in [0.1, 0.15) is 42.4 Å². The van der Waals surface area contributed by atoms with Crippen molar-refractivity contribution < 1.29 is 9.53 Å². The van der Waals surface area contributed by atoms with E-state index in [-0.39, 0.29) is 23.8 Å². The number of fused-ring (bicyclic) bond motifs is 1. The minimum atomic E-state index is -0.347. The van der Waals surface area contributed by atoms with Crippen LogP contribution in [-0.2, 0) is 17.6 Å². The highest BCUT2D eigenvalue weighted by atomic mass is 35.5. The maximum Gasteiger partial charge on any atom is 0.279 e. The van der Waals surface area contributed by atoms with Crippen molar-refractivity contribution in [3.63, 3.8) is 0 Å².